The van der Waals surface area contributed by atoms with E-state index in [0.29, 0.717) is 12.0 Å². The van der Waals surface area contributed by atoms with Crippen molar-refractivity contribution in [1.29, 1.82) is 0 Å². The molecule has 0 radical (unpaired) electrons. The Morgan fingerprint density at radius 1 is 1.39 bits per heavy atom. The van der Waals surface area contributed by atoms with Crippen LogP contribution in [0.4, 0.5) is 4.39 Å². The van der Waals surface area contributed by atoms with E-state index in [0.717, 1.165) is 0 Å². The first kappa shape index (κ1) is 15.1. The van der Waals surface area contributed by atoms with Crippen LogP contribution in [0.15, 0.2) is 24.3 Å². The zero-order valence-electron chi connectivity index (χ0n) is 10.6. The summed E-state index contributed by atoms with van der Waals surface area (Å²) in [4.78, 5) is 0. The molecular formula is C12H19FN2O2S. The SMILES string of the molecule is CCC(CN)S(=O)(=O)NC(C)c1ccccc1F. The Labute approximate surface area is 107 Å². The molecule has 0 aliphatic rings. The van der Waals surface area contributed by atoms with Crippen LogP contribution in [0.5, 0.6) is 0 Å². The second kappa shape index (κ2) is 6.26. The van der Waals surface area contributed by atoms with Gasteiger partial charge in [0, 0.05) is 18.2 Å². The third-order valence-electron chi connectivity index (χ3n) is 2.87. The van der Waals surface area contributed by atoms with Gasteiger partial charge in [0.25, 0.3) is 0 Å². The minimum Gasteiger partial charge on any atom is -0.329 e. The van der Waals surface area contributed by atoms with Crippen molar-refractivity contribution in [3.63, 3.8) is 0 Å². The van der Waals surface area contributed by atoms with Gasteiger partial charge >= 0.3 is 0 Å². The van der Waals surface area contributed by atoms with E-state index in [-0.39, 0.29) is 6.54 Å². The maximum Gasteiger partial charge on any atom is 0.216 e. The molecule has 6 heteroatoms. The molecule has 0 saturated heterocycles. The zero-order valence-corrected chi connectivity index (χ0v) is 11.4. The van der Waals surface area contributed by atoms with Gasteiger partial charge in [0.1, 0.15) is 5.82 Å². The maximum absolute atomic E-state index is 13.5. The van der Waals surface area contributed by atoms with E-state index in [2.05, 4.69) is 4.72 Å². The summed E-state index contributed by atoms with van der Waals surface area (Å²) in [5, 5.41) is -0.647. The number of rotatable bonds is 6. The van der Waals surface area contributed by atoms with Crippen LogP contribution in [-0.4, -0.2) is 20.2 Å². The van der Waals surface area contributed by atoms with Crippen LogP contribution in [0.3, 0.4) is 0 Å². The Balaban J connectivity index is 2.88. The predicted octanol–water partition coefficient (Wildman–Crippen LogP) is 1.54. The van der Waals surface area contributed by atoms with Gasteiger partial charge in [-0.15, -0.1) is 0 Å². The summed E-state index contributed by atoms with van der Waals surface area (Å²) < 4.78 is 39.9. The zero-order chi connectivity index (χ0) is 13.8. The summed E-state index contributed by atoms with van der Waals surface area (Å²) in [5.74, 6) is -0.423. The van der Waals surface area contributed by atoms with Crippen LogP contribution in [0.2, 0.25) is 0 Å². The summed E-state index contributed by atoms with van der Waals surface area (Å²) in [5.41, 5.74) is 5.75. The van der Waals surface area contributed by atoms with Crippen LogP contribution in [-0.2, 0) is 10.0 Å². The van der Waals surface area contributed by atoms with Gasteiger partial charge in [0.15, 0.2) is 0 Å². The summed E-state index contributed by atoms with van der Waals surface area (Å²) >= 11 is 0. The van der Waals surface area contributed by atoms with Crippen molar-refractivity contribution < 1.29 is 12.8 Å². The number of sulfonamides is 1. The highest BCUT2D eigenvalue weighted by atomic mass is 32.2. The minimum atomic E-state index is -3.53. The molecule has 1 aromatic rings. The van der Waals surface area contributed by atoms with Gasteiger partial charge in [-0.25, -0.2) is 17.5 Å². The van der Waals surface area contributed by atoms with Crippen molar-refractivity contribution in [2.45, 2.75) is 31.6 Å². The number of nitrogens with two attached hydrogens (primary N) is 1. The van der Waals surface area contributed by atoms with Gasteiger partial charge in [-0.05, 0) is 19.4 Å². The quantitative estimate of drug-likeness (QED) is 0.826. The molecule has 0 bridgehead atoms. The molecule has 0 aromatic heterocycles. The van der Waals surface area contributed by atoms with E-state index in [1.54, 1.807) is 32.0 Å². The lowest BCUT2D eigenvalue weighted by Crippen LogP contribution is -2.39. The van der Waals surface area contributed by atoms with Crippen LogP contribution < -0.4 is 10.5 Å². The molecule has 0 spiro atoms. The van der Waals surface area contributed by atoms with Crippen LogP contribution >= 0.6 is 0 Å². The Hall–Kier alpha value is -0.980. The average molecular weight is 274 g/mol. The van der Waals surface area contributed by atoms with Gasteiger partial charge in [0.05, 0.1) is 5.25 Å². The third-order valence-corrected chi connectivity index (χ3v) is 4.96. The summed E-state index contributed by atoms with van der Waals surface area (Å²) in [7, 11) is -3.53. The summed E-state index contributed by atoms with van der Waals surface area (Å²) in [6.45, 7) is 3.42. The van der Waals surface area contributed by atoms with Crippen LogP contribution in [0, 0.1) is 5.82 Å². The van der Waals surface area contributed by atoms with E-state index < -0.39 is 27.1 Å². The highest BCUT2D eigenvalue weighted by Gasteiger charge is 2.25. The molecule has 102 valence electrons. The van der Waals surface area contributed by atoms with Gasteiger partial charge in [-0.2, -0.15) is 0 Å². The molecule has 0 heterocycles. The monoisotopic (exact) mass is 274 g/mol. The third kappa shape index (κ3) is 3.51. The van der Waals surface area contributed by atoms with E-state index >= 15 is 0 Å². The minimum absolute atomic E-state index is 0.0514. The Bertz CT molecular complexity index is 487. The molecule has 4 nitrogen and oxygen atoms in total. The summed E-state index contributed by atoms with van der Waals surface area (Å²) in [6.07, 6.45) is 0.426. The molecule has 2 atom stereocenters. The number of nitrogens with one attached hydrogen (secondary N) is 1. The molecule has 0 aliphatic carbocycles. The molecule has 3 N–H and O–H groups in total. The first-order valence-electron chi connectivity index (χ1n) is 5.88. The first-order valence-corrected chi connectivity index (χ1v) is 7.42. The fraction of sp³-hybridized carbons (Fsp3) is 0.500. The molecule has 0 fully saturated rings. The van der Waals surface area contributed by atoms with E-state index in [9.17, 15) is 12.8 Å². The largest absolute Gasteiger partial charge is 0.329 e. The van der Waals surface area contributed by atoms with Gasteiger partial charge in [-0.1, -0.05) is 25.1 Å². The number of halogens is 1. The van der Waals surface area contributed by atoms with Crippen molar-refractivity contribution in [3.8, 4) is 0 Å². The van der Waals surface area contributed by atoms with Crippen LogP contribution in [0.25, 0.3) is 0 Å². The second-order valence-electron chi connectivity index (χ2n) is 4.17. The first-order chi connectivity index (χ1) is 8.42. The lowest BCUT2D eigenvalue weighted by molar-refractivity contribution is 0.536. The van der Waals surface area contributed by atoms with Crippen molar-refractivity contribution in [1.82, 2.24) is 4.72 Å². The van der Waals surface area contributed by atoms with Crippen molar-refractivity contribution in [2.24, 2.45) is 5.73 Å². The highest BCUT2D eigenvalue weighted by molar-refractivity contribution is 7.90. The molecule has 1 rings (SSSR count). The molecule has 18 heavy (non-hydrogen) atoms. The lowest BCUT2D eigenvalue weighted by Gasteiger charge is -2.19. The van der Waals surface area contributed by atoms with Gasteiger partial charge in [0.2, 0.25) is 10.0 Å². The Morgan fingerprint density at radius 2 is 2.00 bits per heavy atom. The normalized spacial score (nSPS) is 15.3. The van der Waals surface area contributed by atoms with E-state index in [4.69, 9.17) is 5.73 Å². The number of hydrogen-bond acceptors (Lipinski definition) is 3. The molecule has 1 aromatic carbocycles. The molecular weight excluding hydrogens is 255 g/mol. The smallest absolute Gasteiger partial charge is 0.216 e. The number of hydrogen-bond donors (Lipinski definition) is 2. The fourth-order valence-corrected chi connectivity index (χ4v) is 3.25. The Kier molecular flexibility index (Phi) is 5.25. The highest BCUT2D eigenvalue weighted by Crippen LogP contribution is 2.18. The standard InChI is InChI=1S/C12H19FN2O2S/c1-3-10(8-14)18(16,17)15-9(2)11-6-4-5-7-12(11)13/h4-7,9-10,15H,3,8,14H2,1-2H3. The van der Waals surface area contributed by atoms with E-state index in [1.165, 1.54) is 6.07 Å². The van der Waals surface area contributed by atoms with E-state index in [1.807, 2.05) is 0 Å². The van der Waals surface area contributed by atoms with Gasteiger partial charge in [-0.3, -0.25) is 0 Å². The predicted molar refractivity (Wildman–Crippen MR) is 70.0 cm³/mol. The van der Waals surface area contributed by atoms with Crippen molar-refractivity contribution in [3.05, 3.63) is 35.6 Å². The molecule has 0 saturated carbocycles. The van der Waals surface area contributed by atoms with Crippen LogP contribution in [0.1, 0.15) is 31.9 Å². The lowest BCUT2D eigenvalue weighted by atomic mass is 10.1. The molecule has 0 amide bonds. The Morgan fingerprint density at radius 3 is 2.50 bits per heavy atom. The number of benzene rings is 1. The van der Waals surface area contributed by atoms with Gasteiger partial charge < -0.3 is 5.73 Å². The maximum atomic E-state index is 13.5. The molecule has 2 unspecified atom stereocenters. The summed E-state index contributed by atoms with van der Waals surface area (Å²) in [6, 6.07) is 5.49. The second-order valence-corrected chi connectivity index (χ2v) is 6.16. The average Bonchev–Trinajstić information content (AvgIpc) is 2.29. The van der Waals surface area contributed by atoms with Crippen molar-refractivity contribution >= 4 is 10.0 Å². The van der Waals surface area contributed by atoms with Crippen molar-refractivity contribution in [2.75, 3.05) is 6.54 Å². The molecule has 0 aliphatic heterocycles. The fourth-order valence-electron chi connectivity index (χ4n) is 1.75. The topological polar surface area (TPSA) is 72.2 Å².